The highest BCUT2D eigenvalue weighted by Gasteiger charge is 2.29. The van der Waals surface area contributed by atoms with E-state index < -0.39 is 0 Å². The number of halogens is 1. The lowest BCUT2D eigenvalue weighted by atomic mass is 10.0. The largest absolute Gasteiger partial charge is 0.496 e. The number of aromatic nitrogens is 1. The lowest BCUT2D eigenvalue weighted by Crippen LogP contribution is -2.48. The summed E-state index contributed by atoms with van der Waals surface area (Å²) in [4.78, 5) is 14.8. The highest BCUT2D eigenvalue weighted by atomic mass is 35.5. The summed E-state index contributed by atoms with van der Waals surface area (Å²) >= 11 is 6.00. The first-order chi connectivity index (χ1) is 12.1. The first-order valence-corrected chi connectivity index (χ1v) is 8.73. The predicted octanol–water partition coefficient (Wildman–Crippen LogP) is 2.75. The van der Waals surface area contributed by atoms with Crippen LogP contribution in [-0.4, -0.2) is 42.7 Å². The van der Waals surface area contributed by atoms with Crippen LogP contribution >= 0.6 is 11.6 Å². The Balaban J connectivity index is 1.75. The van der Waals surface area contributed by atoms with Crippen LogP contribution in [0.1, 0.15) is 29.3 Å². The zero-order valence-electron chi connectivity index (χ0n) is 14.4. The molecule has 1 saturated heterocycles. The molecule has 1 fully saturated rings. The number of methoxy groups -OCH3 is 1. The van der Waals surface area contributed by atoms with Crippen molar-refractivity contribution in [1.29, 1.82) is 0 Å². The second-order valence-corrected chi connectivity index (χ2v) is 6.41. The molecule has 0 radical (unpaired) electrons. The van der Waals surface area contributed by atoms with Gasteiger partial charge in [-0.2, -0.15) is 0 Å². The Hall–Kier alpha value is -2.05. The number of para-hydroxylation sites is 1. The average Bonchev–Trinajstić information content (AvgIpc) is 2.97. The lowest BCUT2D eigenvalue weighted by molar-refractivity contribution is -0.134. The monoisotopic (exact) mass is 363 g/mol. The Morgan fingerprint density at radius 2 is 2.28 bits per heavy atom. The standard InChI is InChI=1S/C18H22ClN3O3/c1-12-13(18(19)25-21-12)7-8-17(23)22-10-9-20-11-15(22)14-5-3-4-6-16(14)24-2/h3-6,15,20H,7-11H2,1-2H3. The number of carbonyl (C=O) groups excluding carboxylic acids is 1. The molecule has 1 aliphatic heterocycles. The Morgan fingerprint density at radius 1 is 1.48 bits per heavy atom. The number of hydrogen-bond acceptors (Lipinski definition) is 5. The number of rotatable bonds is 5. The fourth-order valence-electron chi connectivity index (χ4n) is 3.24. The molecule has 25 heavy (non-hydrogen) atoms. The molecule has 1 amide bonds. The summed E-state index contributed by atoms with van der Waals surface area (Å²) in [6, 6.07) is 7.79. The van der Waals surface area contributed by atoms with E-state index in [9.17, 15) is 4.79 Å². The van der Waals surface area contributed by atoms with Gasteiger partial charge in [0, 0.05) is 37.2 Å². The van der Waals surface area contributed by atoms with Crippen molar-refractivity contribution in [2.75, 3.05) is 26.7 Å². The Bertz CT molecular complexity index is 727. The van der Waals surface area contributed by atoms with E-state index in [2.05, 4.69) is 10.5 Å². The molecule has 1 aromatic carbocycles. The fourth-order valence-corrected chi connectivity index (χ4v) is 3.50. The van der Waals surface area contributed by atoms with E-state index >= 15 is 0 Å². The molecule has 1 atom stereocenters. The smallest absolute Gasteiger partial charge is 0.229 e. The van der Waals surface area contributed by atoms with Crippen LogP contribution in [0.2, 0.25) is 5.22 Å². The SMILES string of the molecule is COc1ccccc1C1CNCCN1C(=O)CCc1c(C)noc1Cl. The zero-order valence-corrected chi connectivity index (χ0v) is 15.2. The van der Waals surface area contributed by atoms with E-state index in [1.54, 1.807) is 7.11 Å². The van der Waals surface area contributed by atoms with Crippen LogP contribution in [0.15, 0.2) is 28.8 Å². The Kier molecular flexibility index (Phi) is 5.60. The number of ether oxygens (including phenoxy) is 1. The number of amides is 1. The molecule has 1 aromatic heterocycles. The number of benzene rings is 1. The third kappa shape index (κ3) is 3.80. The third-order valence-corrected chi connectivity index (χ3v) is 4.88. The maximum atomic E-state index is 12.9. The minimum Gasteiger partial charge on any atom is -0.496 e. The summed E-state index contributed by atoms with van der Waals surface area (Å²) in [5.74, 6) is 0.890. The molecule has 1 unspecified atom stereocenters. The van der Waals surface area contributed by atoms with Gasteiger partial charge in [0.05, 0.1) is 18.8 Å². The summed E-state index contributed by atoms with van der Waals surface area (Å²) in [5.41, 5.74) is 2.56. The summed E-state index contributed by atoms with van der Waals surface area (Å²) in [7, 11) is 1.65. The van der Waals surface area contributed by atoms with Gasteiger partial charge in [-0.15, -0.1) is 0 Å². The van der Waals surface area contributed by atoms with Gasteiger partial charge in [-0.3, -0.25) is 4.79 Å². The second kappa shape index (κ2) is 7.89. The zero-order chi connectivity index (χ0) is 17.8. The van der Waals surface area contributed by atoms with Crippen molar-refractivity contribution in [2.45, 2.75) is 25.8 Å². The maximum Gasteiger partial charge on any atom is 0.229 e. The molecule has 0 saturated carbocycles. The molecule has 6 nitrogen and oxygen atoms in total. The van der Waals surface area contributed by atoms with Crippen LogP contribution < -0.4 is 10.1 Å². The van der Waals surface area contributed by atoms with E-state index in [-0.39, 0.29) is 17.2 Å². The highest BCUT2D eigenvalue weighted by Crippen LogP contribution is 2.31. The quantitative estimate of drug-likeness (QED) is 0.884. The minimum absolute atomic E-state index is 0.0450. The fraction of sp³-hybridized carbons (Fsp3) is 0.444. The molecule has 1 N–H and O–H groups in total. The van der Waals surface area contributed by atoms with Gasteiger partial charge in [0.15, 0.2) is 0 Å². The van der Waals surface area contributed by atoms with Crippen LogP contribution in [0.3, 0.4) is 0 Å². The first kappa shape index (κ1) is 17.8. The second-order valence-electron chi connectivity index (χ2n) is 6.07. The molecule has 0 bridgehead atoms. The topological polar surface area (TPSA) is 67.6 Å². The van der Waals surface area contributed by atoms with Crippen molar-refractivity contribution in [3.8, 4) is 5.75 Å². The van der Waals surface area contributed by atoms with Crippen LogP contribution in [0.25, 0.3) is 0 Å². The number of aryl methyl sites for hydroxylation is 1. The molecular formula is C18H22ClN3O3. The number of nitrogens with one attached hydrogen (secondary N) is 1. The molecular weight excluding hydrogens is 342 g/mol. The Labute approximate surface area is 152 Å². The molecule has 0 spiro atoms. The van der Waals surface area contributed by atoms with Gasteiger partial charge < -0.3 is 19.5 Å². The van der Waals surface area contributed by atoms with Gasteiger partial charge >= 0.3 is 0 Å². The van der Waals surface area contributed by atoms with Crippen LogP contribution in [0, 0.1) is 6.92 Å². The number of hydrogen-bond donors (Lipinski definition) is 1. The van der Waals surface area contributed by atoms with Crippen molar-refractivity contribution in [2.24, 2.45) is 0 Å². The van der Waals surface area contributed by atoms with Crippen molar-refractivity contribution in [3.63, 3.8) is 0 Å². The van der Waals surface area contributed by atoms with Crippen molar-refractivity contribution < 1.29 is 14.1 Å². The molecule has 1 aliphatic rings. The Morgan fingerprint density at radius 3 is 3.00 bits per heavy atom. The molecule has 3 rings (SSSR count). The summed E-state index contributed by atoms with van der Waals surface area (Å²) in [5, 5.41) is 7.47. The summed E-state index contributed by atoms with van der Waals surface area (Å²) in [6.07, 6.45) is 0.892. The van der Waals surface area contributed by atoms with Crippen molar-refractivity contribution in [1.82, 2.24) is 15.4 Å². The van der Waals surface area contributed by atoms with Gasteiger partial charge in [-0.25, -0.2) is 0 Å². The molecule has 2 aromatic rings. The predicted molar refractivity (Wildman–Crippen MR) is 94.9 cm³/mol. The van der Waals surface area contributed by atoms with E-state index in [4.69, 9.17) is 20.9 Å². The van der Waals surface area contributed by atoms with Crippen molar-refractivity contribution >= 4 is 17.5 Å². The minimum atomic E-state index is -0.0450. The normalized spacial score (nSPS) is 17.6. The summed E-state index contributed by atoms with van der Waals surface area (Å²) < 4.78 is 10.4. The van der Waals surface area contributed by atoms with E-state index in [1.807, 2.05) is 36.1 Å². The summed E-state index contributed by atoms with van der Waals surface area (Å²) in [6.45, 7) is 3.99. The first-order valence-electron chi connectivity index (χ1n) is 8.35. The van der Waals surface area contributed by atoms with E-state index in [0.717, 1.165) is 29.1 Å². The molecule has 7 heteroatoms. The third-order valence-electron chi connectivity index (χ3n) is 4.59. The van der Waals surface area contributed by atoms with Gasteiger partial charge in [0.25, 0.3) is 0 Å². The van der Waals surface area contributed by atoms with Crippen LogP contribution in [0.5, 0.6) is 5.75 Å². The van der Waals surface area contributed by atoms with Gasteiger partial charge in [0.2, 0.25) is 11.1 Å². The molecule has 2 heterocycles. The number of piperazine rings is 1. The van der Waals surface area contributed by atoms with Crippen LogP contribution in [0.4, 0.5) is 0 Å². The van der Waals surface area contributed by atoms with E-state index in [1.165, 1.54) is 0 Å². The molecule has 134 valence electrons. The number of carbonyl (C=O) groups is 1. The average molecular weight is 364 g/mol. The highest BCUT2D eigenvalue weighted by molar-refractivity contribution is 6.29. The van der Waals surface area contributed by atoms with E-state index in [0.29, 0.717) is 25.9 Å². The van der Waals surface area contributed by atoms with Crippen molar-refractivity contribution in [3.05, 3.63) is 46.3 Å². The number of nitrogens with zero attached hydrogens (tertiary/aromatic N) is 2. The van der Waals surface area contributed by atoms with Gasteiger partial charge in [-0.1, -0.05) is 23.4 Å². The van der Waals surface area contributed by atoms with Gasteiger partial charge in [-0.05, 0) is 31.0 Å². The lowest BCUT2D eigenvalue weighted by Gasteiger charge is -2.37. The van der Waals surface area contributed by atoms with Crippen LogP contribution in [-0.2, 0) is 11.2 Å². The maximum absolute atomic E-state index is 12.9. The van der Waals surface area contributed by atoms with Gasteiger partial charge in [0.1, 0.15) is 5.75 Å². The molecule has 0 aliphatic carbocycles.